The van der Waals surface area contributed by atoms with Crippen molar-refractivity contribution in [2.24, 2.45) is 0 Å². The molecule has 0 fully saturated rings. The van der Waals surface area contributed by atoms with Gasteiger partial charge in [-0.1, -0.05) is 0 Å². The van der Waals surface area contributed by atoms with Crippen LogP contribution in [0.4, 0.5) is 0 Å². The van der Waals surface area contributed by atoms with E-state index < -0.39 is 17.7 Å². The highest BCUT2D eigenvalue weighted by Crippen LogP contribution is 2.43. The number of carbonyl (C=O) groups is 1. The Balaban J connectivity index is 2.35. The van der Waals surface area contributed by atoms with E-state index in [1.807, 2.05) is 0 Å². The third-order valence-electron chi connectivity index (χ3n) is 3.08. The Labute approximate surface area is 105 Å². The summed E-state index contributed by atoms with van der Waals surface area (Å²) in [7, 11) is 2.86. The van der Waals surface area contributed by atoms with Crippen molar-refractivity contribution >= 4 is 5.97 Å². The highest BCUT2D eigenvalue weighted by molar-refractivity contribution is 5.89. The van der Waals surface area contributed by atoms with Gasteiger partial charge in [0.2, 0.25) is 0 Å². The summed E-state index contributed by atoms with van der Waals surface area (Å²) in [5.41, 5.74) is 0.143. The van der Waals surface area contributed by atoms with Crippen LogP contribution in [-0.2, 0) is 9.47 Å². The summed E-state index contributed by atoms with van der Waals surface area (Å²) in [6, 6.07) is 4.86. The van der Waals surface area contributed by atoms with Gasteiger partial charge in [-0.05, 0) is 25.1 Å². The number of benzene rings is 1. The maximum absolute atomic E-state index is 11.4. The van der Waals surface area contributed by atoms with E-state index >= 15 is 0 Å². The smallest absolute Gasteiger partial charge is 0.337 e. The van der Waals surface area contributed by atoms with Gasteiger partial charge in [0.05, 0.1) is 19.3 Å². The molecule has 0 bridgehead atoms. The number of ether oxygens (including phenoxy) is 3. The van der Waals surface area contributed by atoms with E-state index in [-0.39, 0.29) is 6.61 Å². The molecule has 18 heavy (non-hydrogen) atoms. The van der Waals surface area contributed by atoms with E-state index in [1.165, 1.54) is 7.11 Å². The van der Waals surface area contributed by atoms with E-state index in [1.54, 1.807) is 32.2 Å². The van der Waals surface area contributed by atoms with E-state index in [2.05, 4.69) is 4.74 Å². The largest absolute Gasteiger partial charge is 0.482 e. The first kappa shape index (κ1) is 12.9. The number of carbonyl (C=O) groups excluding carboxylic acids is 1. The van der Waals surface area contributed by atoms with E-state index in [9.17, 15) is 9.90 Å². The Morgan fingerprint density at radius 1 is 1.50 bits per heavy atom. The van der Waals surface area contributed by atoms with Gasteiger partial charge in [0.15, 0.2) is 5.60 Å². The van der Waals surface area contributed by atoms with Crippen molar-refractivity contribution in [2.75, 3.05) is 20.8 Å². The second kappa shape index (κ2) is 4.59. The van der Waals surface area contributed by atoms with Crippen LogP contribution in [0.15, 0.2) is 18.2 Å². The van der Waals surface area contributed by atoms with Crippen LogP contribution in [0.5, 0.6) is 5.75 Å². The zero-order valence-corrected chi connectivity index (χ0v) is 10.6. The molecule has 1 aliphatic heterocycles. The van der Waals surface area contributed by atoms with Crippen molar-refractivity contribution < 1.29 is 24.1 Å². The molecule has 1 N–H and O–H groups in total. The lowest BCUT2D eigenvalue weighted by Crippen LogP contribution is -2.39. The number of hydrogen-bond acceptors (Lipinski definition) is 5. The molecule has 0 amide bonds. The number of methoxy groups -OCH3 is 2. The van der Waals surface area contributed by atoms with Crippen LogP contribution in [0, 0.1) is 0 Å². The van der Waals surface area contributed by atoms with Crippen molar-refractivity contribution in [1.29, 1.82) is 0 Å². The average Bonchev–Trinajstić information content (AvgIpc) is 2.61. The number of fused-ring (bicyclic) bond motifs is 1. The first-order valence-corrected chi connectivity index (χ1v) is 5.60. The minimum Gasteiger partial charge on any atom is -0.482 e. The van der Waals surface area contributed by atoms with Crippen molar-refractivity contribution in [1.82, 2.24) is 0 Å². The molecule has 5 nitrogen and oxygen atoms in total. The van der Waals surface area contributed by atoms with Crippen LogP contribution >= 0.6 is 0 Å². The molecule has 1 heterocycles. The highest BCUT2D eigenvalue weighted by atomic mass is 16.6. The van der Waals surface area contributed by atoms with E-state index in [0.717, 1.165) is 0 Å². The van der Waals surface area contributed by atoms with Crippen LogP contribution in [0.2, 0.25) is 0 Å². The van der Waals surface area contributed by atoms with Gasteiger partial charge in [-0.15, -0.1) is 0 Å². The lowest BCUT2D eigenvalue weighted by molar-refractivity contribution is -0.0618. The van der Waals surface area contributed by atoms with Crippen molar-refractivity contribution in [3.05, 3.63) is 29.3 Å². The third-order valence-corrected chi connectivity index (χ3v) is 3.08. The summed E-state index contributed by atoms with van der Waals surface area (Å²) in [6.07, 6.45) is -0.836. The molecule has 0 saturated heterocycles. The monoisotopic (exact) mass is 252 g/mol. The number of hydrogen-bond donors (Lipinski definition) is 1. The molecular weight excluding hydrogens is 236 g/mol. The summed E-state index contributed by atoms with van der Waals surface area (Å²) in [5, 5.41) is 10.3. The average molecular weight is 252 g/mol. The lowest BCUT2D eigenvalue weighted by Gasteiger charge is -2.26. The molecule has 0 saturated carbocycles. The van der Waals surface area contributed by atoms with E-state index in [4.69, 9.17) is 9.47 Å². The van der Waals surface area contributed by atoms with Crippen LogP contribution in [-0.4, -0.2) is 37.5 Å². The standard InChI is InChI=1S/C13H16O5/c1-13(7-16-2)11(14)9-6-8(12(15)17-3)4-5-10(9)18-13/h4-6,11,14H,7H2,1-3H3/t11-,13+/m0/s1. The van der Waals surface area contributed by atoms with E-state index in [0.29, 0.717) is 16.9 Å². The zero-order chi connectivity index (χ0) is 13.3. The molecule has 5 heteroatoms. The van der Waals surface area contributed by atoms with Gasteiger partial charge in [0, 0.05) is 12.7 Å². The van der Waals surface area contributed by atoms with Gasteiger partial charge in [0.1, 0.15) is 11.9 Å². The Morgan fingerprint density at radius 2 is 2.22 bits per heavy atom. The first-order valence-electron chi connectivity index (χ1n) is 5.60. The third kappa shape index (κ3) is 1.95. The molecule has 1 aromatic rings. The quantitative estimate of drug-likeness (QED) is 0.821. The molecule has 0 aromatic heterocycles. The second-order valence-electron chi connectivity index (χ2n) is 4.49. The van der Waals surface area contributed by atoms with Gasteiger partial charge >= 0.3 is 5.97 Å². The molecule has 2 atom stereocenters. The molecule has 1 aliphatic rings. The molecule has 98 valence electrons. The first-order chi connectivity index (χ1) is 8.51. The number of rotatable bonds is 3. The number of aliphatic hydroxyl groups is 1. The molecule has 0 aliphatic carbocycles. The lowest BCUT2D eigenvalue weighted by atomic mass is 9.95. The predicted octanol–water partition coefficient (Wildman–Crippen LogP) is 1.30. The topological polar surface area (TPSA) is 65.0 Å². The summed E-state index contributed by atoms with van der Waals surface area (Å²) in [4.78, 5) is 11.4. The molecular formula is C13H16O5. The Kier molecular flexibility index (Phi) is 3.28. The van der Waals surface area contributed by atoms with Crippen LogP contribution in [0.1, 0.15) is 28.9 Å². The molecule has 0 radical (unpaired) electrons. The summed E-state index contributed by atoms with van der Waals surface area (Å²) < 4.78 is 15.4. The van der Waals surface area contributed by atoms with Crippen LogP contribution in [0.3, 0.4) is 0 Å². The summed E-state index contributed by atoms with van der Waals surface area (Å²) >= 11 is 0. The van der Waals surface area contributed by atoms with Crippen molar-refractivity contribution in [2.45, 2.75) is 18.6 Å². The predicted molar refractivity (Wildman–Crippen MR) is 63.7 cm³/mol. The minimum absolute atomic E-state index is 0.260. The second-order valence-corrected chi connectivity index (χ2v) is 4.49. The summed E-state index contributed by atoms with van der Waals surface area (Å²) in [5.74, 6) is 0.125. The highest BCUT2D eigenvalue weighted by Gasteiger charge is 2.44. The fourth-order valence-electron chi connectivity index (χ4n) is 2.13. The number of esters is 1. The van der Waals surface area contributed by atoms with Crippen LogP contribution < -0.4 is 4.74 Å². The van der Waals surface area contributed by atoms with Gasteiger partial charge < -0.3 is 19.3 Å². The van der Waals surface area contributed by atoms with Gasteiger partial charge in [-0.25, -0.2) is 4.79 Å². The maximum atomic E-state index is 11.4. The Morgan fingerprint density at radius 3 is 2.83 bits per heavy atom. The van der Waals surface area contributed by atoms with Crippen molar-refractivity contribution in [3.8, 4) is 5.75 Å². The SMILES string of the molecule is COC[C@@]1(C)Oc2ccc(C(=O)OC)cc2[C@@H]1O. The number of aliphatic hydroxyl groups excluding tert-OH is 1. The van der Waals surface area contributed by atoms with Crippen molar-refractivity contribution in [3.63, 3.8) is 0 Å². The molecule has 1 aromatic carbocycles. The van der Waals surface area contributed by atoms with Crippen LogP contribution in [0.25, 0.3) is 0 Å². The Bertz CT molecular complexity index is 470. The minimum atomic E-state index is -0.836. The maximum Gasteiger partial charge on any atom is 0.337 e. The zero-order valence-electron chi connectivity index (χ0n) is 10.6. The Hall–Kier alpha value is -1.59. The normalized spacial score (nSPS) is 25.4. The van der Waals surface area contributed by atoms with Gasteiger partial charge in [0.25, 0.3) is 0 Å². The van der Waals surface area contributed by atoms with Gasteiger partial charge in [-0.3, -0.25) is 0 Å². The fraction of sp³-hybridized carbons (Fsp3) is 0.462. The fourth-order valence-corrected chi connectivity index (χ4v) is 2.13. The molecule has 0 spiro atoms. The summed E-state index contributed by atoms with van der Waals surface area (Å²) in [6.45, 7) is 2.02. The van der Waals surface area contributed by atoms with Gasteiger partial charge in [-0.2, -0.15) is 0 Å². The molecule has 2 rings (SSSR count). The molecule has 0 unspecified atom stereocenters.